The summed E-state index contributed by atoms with van der Waals surface area (Å²) in [5.74, 6) is -0.882. The molecule has 1 fully saturated rings. The van der Waals surface area contributed by atoms with Crippen LogP contribution < -0.4 is 19.1 Å². The lowest BCUT2D eigenvalue weighted by molar-refractivity contribution is -0.140. The van der Waals surface area contributed by atoms with E-state index in [9.17, 15) is 22.4 Å². The summed E-state index contributed by atoms with van der Waals surface area (Å²) >= 11 is 0. The summed E-state index contributed by atoms with van der Waals surface area (Å²) in [6, 6.07) is 17.4. The van der Waals surface area contributed by atoms with Gasteiger partial charge in [-0.2, -0.15) is 0 Å². The molecule has 0 radical (unpaired) electrons. The van der Waals surface area contributed by atoms with Crippen molar-refractivity contribution in [2.75, 3.05) is 25.1 Å². The lowest BCUT2D eigenvalue weighted by atomic mass is 10.1. The highest BCUT2D eigenvalue weighted by atomic mass is 32.2. The van der Waals surface area contributed by atoms with Gasteiger partial charge in [0.15, 0.2) is 11.5 Å². The van der Waals surface area contributed by atoms with Crippen LogP contribution in [0.2, 0.25) is 0 Å². The van der Waals surface area contributed by atoms with Crippen molar-refractivity contribution in [3.63, 3.8) is 0 Å². The number of nitrogens with one attached hydrogen (secondary N) is 1. The highest BCUT2D eigenvalue weighted by Crippen LogP contribution is 2.32. The van der Waals surface area contributed by atoms with Gasteiger partial charge in [0.2, 0.25) is 11.8 Å². The van der Waals surface area contributed by atoms with Gasteiger partial charge in [-0.25, -0.2) is 12.8 Å². The second-order valence-electron chi connectivity index (χ2n) is 10.4. The molecule has 3 aromatic carbocycles. The van der Waals surface area contributed by atoms with E-state index in [-0.39, 0.29) is 34.8 Å². The average molecular weight is 612 g/mol. The number of hydrogen-bond donors (Lipinski definition) is 1. The zero-order chi connectivity index (χ0) is 31.0. The van der Waals surface area contributed by atoms with Crippen LogP contribution in [-0.2, 0) is 26.2 Å². The fraction of sp³-hybridized carbons (Fsp3) is 0.375. The molecule has 1 aliphatic carbocycles. The van der Waals surface area contributed by atoms with Crippen LogP contribution in [-0.4, -0.2) is 58.0 Å². The first-order valence-electron chi connectivity index (χ1n) is 14.3. The van der Waals surface area contributed by atoms with Crippen LogP contribution in [0.4, 0.5) is 10.1 Å². The minimum atomic E-state index is -4.37. The van der Waals surface area contributed by atoms with Gasteiger partial charge in [0.05, 0.1) is 24.8 Å². The smallest absolute Gasteiger partial charge is 0.264 e. The van der Waals surface area contributed by atoms with Crippen molar-refractivity contribution >= 4 is 27.5 Å². The van der Waals surface area contributed by atoms with E-state index in [1.165, 1.54) is 49.5 Å². The average Bonchev–Trinajstić information content (AvgIpc) is 3.53. The van der Waals surface area contributed by atoms with E-state index in [1.807, 2.05) is 37.3 Å². The van der Waals surface area contributed by atoms with Crippen LogP contribution in [0.1, 0.15) is 44.6 Å². The maximum absolute atomic E-state index is 14.2. The number of halogens is 1. The van der Waals surface area contributed by atoms with Crippen molar-refractivity contribution in [1.82, 2.24) is 10.2 Å². The van der Waals surface area contributed by atoms with E-state index in [0.29, 0.717) is 12.2 Å². The van der Waals surface area contributed by atoms with E-state index in [1.54, 1.807) is 0 Å². The molecule has 0 aromatic heterocycles. The van der Waals surface area contributed by atoms with Gasteiger partial charge in [0.25, 0.3) is 10.0 Å². The second-order valence-corrected chi connectivity index (χ2v) is 12.3. The van der Waals surface area contributed by atoms with Crippen molar-refractivity contribution < 1.29 is 31.9 Å². The van der Waals surface area contributed by atoms with Crippen LogP contribution >= 0.6 is 0 Å². The van der Waals surface area contributed by atoms with Gasteiger partial charge in [-0.1, -0.05) is 50.1 Å². The molecular weight excluding hydrogens is 573 g/mol. The molecule has 1 aliphatic rings. The highest BCUT2D eigenvalue weighted by molar-refractivity contribution is 7.92. The number of methoxy groups -OCH3 is 2. The lowest BCUT2D eigenvalue weighted by Crippen LogP contribution is -2.53. The Labute approximate surface area is 252 Å². The first-order chi connectivity index (χ1) is 20.7. The van der Waals surface area contributed by atoms with E-state index in [0.717, 1.165) is 47.7 Å². The summed E-state index contributed by atoms with van der Waals surface area (Å²) in [6.45, 7) is 1.30. The molecule has 1 atom stereocenters. The largest absolute Gasteiger partial charge is 0.493 e. The number of nitrogens with zero attached hydrogens (tertiary/aromatic N) is 2. The molecule has 43 heavy (non-hydrogen) atoms. The molecule has 0 bridgehead atoms. The molecule has 3 aromatic rings. The summed E-state index contributed by atoms with van der Waals surface area (Å²) in [5, 5.41) is 3.09. The normalized spacial score (nSPS) is 14.1. The third-order valence-corrected chi connectivity index (χ3v) is 9.39. The van der Waals surface area contributed by atoms with Crippen molar-refractivity contribution in [3.8, 4) is 11.5 Å². The number of carbonyl (C=O) groups excluding carboxylic acids is 2. The predicted molar refractivity (Wildman–Crippen MR) is 162 cm³/mol. The summed E-state index contributed by atoms with van der Waals surface area (Å²) in [4.78, 5) is 28.9. The Balaban J connectivity index is 1.72. The van der Waals surface area contributed by atoms with Crippen LogP contribution in [0.5, 0.6) is 11.5 Å². The first-order valence-corrected chi connectivity index (χ1v) is 15.8. The molecule has 0 spiro atoms. The Morgan fingerprint density at radius 3 is 2.21 bits per heavy atom. The molecule has 11 heteroatoms. The molecule has 0 heterocycles. The highest BCUT2D eigenvalue weighted by Gasteiger charge is 2.35. The van der Waals surface area contributed by atoms with Gasteiger partial charge in [0, 0.05) is 18.7 Å². The summed E-state index contributed by atoms with van der Waals surface area (Å²) in [5.41, 5.74) is 0.881. The van der Waals surface area contributed by atoms with Crippen molar-refractivity contribution in [2.24, 2.45) is 0 Å². The van der Waals surface area contributed by atoms with Gasteiger partial charge in [-0.3, -0.25) is 13.9 Å². The monoisotopic (exact) mass is 611 g/mol. The maximum atomic E-state index is 14.2. The molecule has 0 unspecified atom stereocenters. The first kappa shape index (κ1) is 31.8. The number of hydrogen-bond acceptors (Lipinski definition) is 6. The molecule has 4 rings (SSSR count). The Morgan fingerprint density at radius 1 is 0.953 bits per heavy atom. The second kappa shape index (κ2) is 14.4. The van der Waals surface area contributed by atoms with E-state index in [4.69, 9.17) is 9.47 Å². The number of ether oxygens (including phenoxy) is 2. The third-order valence-electron chi connectivity index (χ3n) is 7.62. The zero-order valence-electron chi connectivity index (χ0n) is 24.7. The van der Waals surface area contributed by atoms with Gasteiger partial charge < -0.3 is 19.7 Å². The van der Waals surface area contributed by atoms with Crippen LogP contribution in [0.3, 0.4) is 0 Å². The number of carbonyl (C=O) groups is 2. The minimum absolute atomic E-state index is 0.0522. The standard InChI is InChI=1S/C32H38FN3O6S/c1-4-28(32(38)34-25-12-8-9-13-25)35(21-23-10-6-5-7-11-23)31(37)22-36(26-16-14-24(33)15-17-26)43(39,40)27-18-19-29(41-2)30(20-27)42-3/h5-7,10-11,14-20,25,28H,4,8-9,12-13,21-22H2,1-3H3,(H,34,38)/t28-/m0/s1. The fourth-order valence-electron chi connectivity index (χ4n) is 5.31. The van der Waals surface area contributed by atoms with E-state index < -0.39 is 34.3 Å². The maximum Gasteiger partial charge on any atom is 0.264 e. The fourth-order valence-corrected chi connectivity index (χ4v) is 6.74. The Hall–Kier alpha value is -4.12. The molecule has 0 aliphatic heterocycles. The predicted octanol–water partition coefficient (Wildman–Crippen LogP) is 4.90. The quantitative estimate of drug-likeness (QED) is 0.295. The number of amides is 2. The van der Waals surface area contributed by atoms with E-state index in [2.05, 4.69) is 5.32 Å². The van der Waals surface area contributed by atoms with Gasteiger partial charge >= 0.3 is 0 Å². The van der Waals surface area contributed by atoms with Crippen molar-refractivity contribution in [3.05, 3.63) is 84.2 Å². The topological polar surface area (TPSA) is 105 Å². The number of benzene rings is 3. The molecule has 1 N–H and O–H groups in total. The summed E-state index contributed by atoms with van der Waals surface area (Å²) in [6.07, 6.45) is 4.17. The SMILES string of the molecule is CC[C@@H](C(=O)NC1CCCC1)N(Cc1ccccc1)C(=O)CN(c1ccc(F)cc1)S(=O)(=O)c1ccc(OC)c(OC)c1. The Kier molecular flexibility index (Phi) is 10.6. The molecule has 0 saturated heterocycles. The zero-order valence-corrected chi connectivity index (χ0v) is 25.5. The molecule has 2 amide bonds. The van der Waals surface area contributed by atoms with Gasteiger partial charge in [-0.05, 0) is 61.2 Å². The van der Waals surface area contributed by atoms with Gasteiger partial charge in [-0.15, -0.1) is 0 Å². The number of sulfonamides is 1. The number of rotatable bonds is 13. The van der Waals surface area contributed by atoms with Crippen molar-refractivity contribution in [1.29, 1.82) is 0 Å². The summed E-state index contributed by atoms with van der Waals surface area (Å²) in [7, 11) is -1.55. The van der Waals surface area contributed by atoms with Crippen LogP contribution in [0, 0.1) is 5.82 Å². The molecule has 1 saturated carbocycles. The summed E-state index contributed by atoms with van der Waals surface area (Å²) < 4.78 is 53.5. The number of anilines is 1. The van der Waals surface area contributed by atoms with E-state index >= 15 is 0 Å². The third kappa shape index (κ3) is 7.64. The Bertz CT molecular complexity index is 1500. The van der Waals surface area contributed by atoms with Gasteiger partial charge in [0.1, 0.15) is 18.4 Å². The van der Waals surface area contributed by atoms with Crippen LogP contribution in [0.25, 0.3) is 0 Å². The molecule has 230 valence electrons. The molecule has 9 nitrogen and oxygen atoms in total. The Morgan fingerprint density at radius 2 is 1.60 bits per heavy atom. The minimum Gasteiger partial charge on any atom is -0.493 e. The lowest BCUT2D eigenvalue weighted by Gasteiger charge is -2.33. The van der Waals surface area contributed by atoms with Crippen LogP contribution in [0.15, 0.2) is 77.7 Å². The van der Waals surface area contributed by atoms with Crippen molar-refractivity contribution in [2.45, 2.75) is 62.6 Å². The molecular formula is C32H38FN3O6S.